The van der Waals surface area contributed by atoms with Crippen molar-refractivity contribution in [3.8, 4) is 0 Å². The molecule has 2 atom stereocenters. The van der Waals surface area contributed by atoms with Crippen LogP contribution in [0, 0.1) is 5.92 Å². The maximum absolute atomic E-state index is 9.39. The molecule has 0 radical (unpaired) electrons. The van der Waals surface area contributed by atoms with Crippen molar-refractivity contribution in [2.24, 2.45) is 10.9 Å². The molecule has 16 heavy (non-hydrogen) atoms. The fourth-order valence-corrected chi connectivity index (χ4v) is 1.95. The van der Waals surface area contributed by atoms with Crippen LogP contribution in [-0.2, 0) is 0 Å². The van der Waals surface area contributed by atoms with Gasteiger partial charge in [-0.05, 0) is 11.5 Å². The molecule has 86 valence electrons. The third-order valence-electron chi connectivity index (χ3n) is 2.86. The van der Waals surface area contributed by atoms with E-state index in [-0.39, 0.29) is 12.6 Å². The van der Waals surface area contributed by atoms with E-state index >= 15 is 0 Å². The summed E-state index contributed by atoms with van der Waals surface area (Å²) >= 11 is 0. The number of rotatable bonds is 3. The van der Waals surface area contributed by atoms with Crippen LogP contribution >= 0.6 is 0 Å². The minimum atomic E-state index is -0.0368. The van der Waals surface area contributed by atoms with Crippen LogP contribution < -0.4 is 5.32 Å². The van der Waals surface area contributed by atoms with Gasteiger partial charge in [-0.15, -0.1) is 0 Å². The van der Waals surface area contributed by atoms with Gasteiger partial charge in [0.15, 0.2) is 0 Å². The maximum atomic E-state index is 9.39. The molecule has 1 aliphatic heterocycles. The van der Waals surface area contributed by atoms with Crippen molar-refractivity contribution < 1.29 is 5.11 Å². The zero-order valence-electron chi connectivity index (χ0n) is 9.56. The number of aliphatic imine (C=N–C) groups is 1. The van der Waals surface area contributed by atoms with Crippen LogP contribution in [0.4, 0.5) is 0 Å². The lowest BCUT2D eigenvalue weighted by atomic mass is 10.1. The highest BCUT2D eigenvalue weighted by molar-refractivity contribution is 5.84. The van der Waals surface area contributed by atoms with Gasteiger partial charge in [-0.3, -0.25) is 4.99 Å². The molecule has 2 rings (SSSR count). The Kier molecular flexibility index (Phi) is 3.57. The van der Waals surface area contributed by atoms with E-state index in [9.17, 15) is 5.11 Å². The molecular weight excluding hydrogens is 200 g/mol. The van der Waals surface area contributed by atoms with E-state index in [0.717, 1.165) is 24.4 Å². The van der Waals surface area contributed by atoms with E-state index in [1.807, 2.05) is 30.3 Å². The molecule has 0 aliphatic carbocycles. The molecule has 0 bridgehead atoms. The standard InChI is InChI=1S/C13H18N2O/c1-10-7-13(14-8-10)15-12(9-16)11-5-3-2-4-6-11/h2-6,10,12,16H,7-9H2,1H3,(H,14,15)/t10?,12-/m0/s1. The summed E-state index contributed by atoms with van der Waals surface area (Å²) in [6.45, 7) is 3.18. The third kappa shape index (κ3) is 2.61. The van der Waals surface area contributed by atoms with Crippen molar-refractivity contribution in [3.63, 3.8) is 0 Å². The Morgan fingerprint density at radius 2 is 2.19 bits per heavy atom. The van der Waals surface area contributed by atoms with Gasteiger partial charge >= 0.3 is 0 Å². The van der Waals surface area contributed by atoms with E-state index in [0.29, 0.717) is 5.92 Å². The molecule has 1 aromatic rings. The number of hydrogen-bond donors (Lipinski definition) is 2. The van der Waals surface area contributed by atoms with Gasteiger partial charge in [0.2, 0.25) is 0 Å². The van der Waals surface area contributed by atoms with Crippen LogP contribution in [-0.4, -0.2) is 24.1 Å². The smallest absolute Gasteiger partial charge is 0.0972 e. The quantitative estimate of drug-likeness (QED) is 0.811. The fourth-order valence-electron chi connectivity index (χ4n) is 1.95. The second-order valence-electron chi connectivity index (χ2n) is 4.39. The van der Waals surface area contributed by atoms with Gasteiger partial charge in [-0.2, -0.15) is 0 Å². The van der Waals surface area contributed by atoms with Crippen LogP contribution in [0.2, 0.25) is 0 Å². The van der Waals surface area contributed by atoms with Gasteiger partial charge in [0.1, 0.15) is 0 Å². The summed E-state index contributed by atoms with van der Waals surface area (Å²) in [4.78, 5) is 4.42. The highest BCUT2D eigenvalue weighted by Gasteiger charge is 2.17. The van der Waals surface area contributed by atoms with Crippen LogP contribution in [0.5, 0.6) is 0 Å². The monoisotopic (exact) mass is 218 g/mol. The first-order valence-corrected chi connectivity index (χ1v) is 5.75. The van der Waals surface area contributed by atoms with Gasteiger partial charge in [0.25, 0.3) is 0 Å². The first-order chi connectivity index (χ1) is 7.79. The van der Waals surface area contributed by atoms with Crippen LogP contribution in [0.15, 0.2) is 35.3 Å². The minimum absolute atomic E-state index is 0.0368. The van der Waals surface area contributed by atoms with Gasteiger partial charge in [-0.1, -0.05) is 37.3 Å². The van der Waals surface area contributed by atoms with Gasteiger partial charge in [-0.25, -0.2) is 0 Å². The predicted octanol–water partition coefficient (Wildman–Crippen LogP) is 1.75. The van der Waals surface area contributed by atoms with Crippen molar-refractivity contribution in [2.45, 2.75) is 19.4 Å². The van der Waals surface area contributed by atoms with Crippen molar-refractivity contribution >= 4 is 5.84 Å². The van der Waals surface area contributed by atoms with Gasteiger partial charge in [0.05, 0.1) is 18.5 Å². The number of aliphatic hydroxyl groups is 1. The molecule has 1 aromatic carbocycles. The van der Waals surface area contributed by atoms with Crippen molar-refractivity contribution in [3.05, 3.63) is 35.9 Å². The Labute approximate surface area is 96.2 Å². The normalized spacial score (nSPS) is 21.6. The maximum Gasteiger partial charge on any atom is 0.0972 e. The van der Waals surface area contributed by atoms with Crippen molar-refractivity contribution in [1.29, 1.82) is 0 Å². The van der Waals surface area contributed by atoms with Gasteiger partial charge in [0, 0.05) is 13.0 Å². The zero-order valence-corrected chi connectivity index (χ0v) is 9.56. The summed E-state index contributed by atoms with van der Waals surface area (Å²) in [6, 6.07) is 9.95. The van der Waals surface area contributed by atoms with E-state index in [1.165, 1.54) is 0 Å². The Morgan fingerprint density at radius 1 is 1.44 bits per heavy atom. The number of benzene rings is 1. The van der Waals surface area contributed by atoms with Crippen molar-refractivity contribution in [2.75, 3.05) is 13.2 Å². The second kappa shape index (κ2) is 5.12. The third-order valence-corrected chi connectivity index (χ3v) is 2.86. The van der Waals surface area contributed by atoms with E-state index in [1.54, 1.807) is 0 Å². The number of hydrogen-bond acceptors (Lipinski definition) is 3. The van der Waals surface area contributed by atoms with E-state index in [4.69, 9.17) is 0 Å². The highest BCUT2D eigenvalue weighted by Crippen LogP contribution is 2.16. The molecule has 1 aliphatic rings. The molecule has 0 amide bonds. The molecule has 0 spiro atoms. The average molecular weight is 218 g/mol. The molecule has 1 heterocycles. The first-order valence-electron chi connectivity index (χ1n) is 5.75. The topological polar surface area (TPSA) is 44.6 Å². The zero-order chi connectivity index (χ0) is 11.4. The second-order valence-corrected chi connectivity index (χ2v) is 4.39. The van der Waals surface area contributed by atoms with Crippen molar-refractivity contribution in [1.82, 2.24) is 5.32 Å². The highest BCUT2D eigenvalue weighted by atomic mass is 16.3. The lowest BCUT2D eigenvalue weighted by Crippen LogP contribution is -2.29. The minimum Gasteiger partial charge on any atom is -0.394 e. The lowest BCUT2D eigenvalue weighted by molar-refractivity contribution is 0.257. The van der Waals surface area contributed by atoms with Crippen LogP contribution in [0.25, 0.3) is 0 Å². The Morgan fingerprint density at radius 3 is 2.75 bits per heavy atom. The Balaban J connectivity index is 2.02. The summed E-state index contributed by atoms with van der Waals surface area (Å²) in [6.07, 6.45) is 0.989. The summed E-state index contributed by atoms with van der Waals surface area (Å²) < 4.78 is 0. The molecule has 3 heteroatoms. The molecule has 0 aromatic heterocycles. The summed E-state index contributed by atoms with van der Waals surface area (Å²) in [7, 11) is 0. The molecule has 0 saturated carbocycles. The van der Waals surface area contributed by atoms with Gasteiger partial charge < -0.3 is 10.4 Å². The fraction of sp³-hybridized carbons (Fsp3) is 0.462. The Bertz CT molecular complexity index is 361. The average Bonchev–Trinajstić information content (AvgIpc) is 2.73. The summed E-state index contributed by atoms with van der Waals surface area (Å²) in [5.41, 5.74) is 1.10. The summed E-state index contributed by atoms with van der Waals surface area (Å²) in [5.74, 6) is 1.65. The predicted molar refractivity (Wildman–Crippen MR) is 65.5 cm³/mol. The molecule has 2 N–H and O–H groups in total. The van der Waals surface area contributed by atoms with Crippen LogP contribution in [0.3, 0.4) is 0 Å². The number of nitrogens with one attached hydrogen (secondary N) is 1. The molecule has 0 saturated heterocycles. The number of amidine groups is 1. The molecular formula is C13H18N2O. The number of aliphatic hydroxyl groups excluding tert-OH is 1. The number of nitrogens with zero attached hydrogens (tertiary/aromatic N) is 1. The van der Waals surface area contributed by atoms with E-state index in [2.05, 4.69) is 17.2 Å². The first kappa shape index (κ1) is 11.1. The summed E-state index contributed by atoms with van der Waals surface area (Å²) in [5, 5.41) is 12.7. The SMILES string of the molecule is CC1CN=C(N[C@@H](CO)c2ccccc2)C1. The Hall–Kier alpha value is -1.35. The lowest BCUT2D eigenvalue weighted by Gasteiger charge is -2.17. The van der Waals surface area contributed by atoms with Crippen LogP contribution in [0.1, 0.15) is 24.9 Å². The molecule has 0 fully saturated rings. The largest absolute Gasteiger partial charge is 0.394 e. The molecule has 3 nitrogen and oxygen atoms in total. The molecule has 1 unspecified atom stereocenters. The van der Waals surface area contributed by atoms with E-state index < -0.39 is 0 Å².